The van der Waals surface area contributed by atoms with E-state index in [1.807, 2.05) is 47.4 Å². The molecule has 43 heavy (non-hydrogen) atoms. The number of hydrogen-bond acceptors (Lipinski definition) is 3. The molecule has 0 fully saturated rings. The number of para-hydroxylation sites is 1. The van der Waals surface area contributed by atoms with Crippen molar-refractivity contribution in [1.82, 2.24) is 19.3 Å². The van der Waals surface area contributed by atoms with Crippen LogP contribution in [0.25, 0.3) is 44.4 Å². The lowest BCUT2D eigenvalue weighted by Crippen LogP contribution is -1.98. The zero-order chi connectivity index (χ0) is 29.5. The van der Waals surface area contributed by atoms with Crippen LogP contribution in [0.1, 0.15) is 36.1 Å². The highest BCUT2D eigenvalue weighted by Crippen LogP contribution is 2.35. The van der Waals surface area contributed by atoms with Gasteiger partial charge in [-0.3, -0.25) is 4.57 Å². The second kappa shape index (κ2) is 10.9. The number of fused-ring (bicyclic) bond motifs is 3. The maximum atomic E-state index is 6.46. The molecule has 0 bridgehead atoms. The van der Waals surface area contributed by atoms with E-state index < -0.39 is 0 Å². The van der Waals surface area contributed by atoms with Gasteiger partial charge in [0.05, 0.1) is 22.9 Å². The van der Waals surface area contributed by atoms with Gasteiger partial charge in [0.1, 0.15) is 17.3 Å². The normalized spacial score (nSPS) is 11.4. The summed E-state index contributed by atoms with van der Waals surface area (Å²) >= 11 is 0. The van der Waals surface area contributed by atoms with E-state index in [1.54, 1.807) is 0 Å². The third-order valence-corrected chi connectivity index (χ3v) is 8.23. The summed E-state index contributed by atoms with van der Waals surface area (Å²) in [6.07, 6.45) is 7.97. The van der Waals surface area contributed by atoms with E-state index in [0.29, 0.717) is 0 Å². The van der Waals surface area contributed by atoms with Crippen LogP contribution in [0.2, 0.25) is 0 Å². The molecule has 0 N–H and O–H groups in total. The van der Waals surface area contributed by atoms with Gasteiger partial charge < -0.3 is 4.74 Å². The smallest absolute Gasteiger partial charge is 0.137 e. The van der Waals surface area contributed by atoms with Crippen LogP contribution in [-0.2, 0) is 12.8 Å². The number of nitrogens with zero attached hydrogens (tertiary/aromatic N) is 4. The summed E-state index contributed by atoms with van der Waals surface area (Å²) in [6, 6.07) is 31.6. The van der Waals surface area contributed by atoms with Crippen molar-refractivity contribution >= 4 is 21.8 Å². The zero-order valence-corrected chi connectivity index (χ0v) is 25.0. The number of benzene rings is 4. The molecule has 0 aliphatic heterocycles. The molecule has 0 atom stereocenters. The fourth-order valence-electron chi connectivity index (χ4n) is 6.16. The van der Waals surface area contributed by atoms with Gasteiger partial charge in [0.25, 0.3) is 0 Å². The minimum Gasteiger partial charge on any atom is -0.457 e. The maximum absolute atomic E-state index is 6.46. The molecule has 5 heteroatoms. The maximum Gasteiger partial charge on any atom is 0.137 e. The lowest BCUT2D eigenvalue weighted by Gasteiger charge is -2.12. The molecule has 3 heterocycles. The fourth-order valence-corrected chi connectivity index (χ4v) is 6.16. The van der Waals surface area contributed by atoms with Crippen LogP contribution in [0.15, 0.2) is 110 Å². The number of pyridine rings is 1. The predicted molar refractivity (Wildman–Crippen MR) is 176 cm³/mol. The van der Waals surface area contributed by atoms with Crippen molar-refractivity contribution in [2.24, 2.45) is 0 Å². The molecule has 5 nitrogen and oxygen atoms in total. The fraction of sp³-hybridized carbons (Fsp3) is 0.158. The molecule has 0 aliphatic rings. The Kier molecular flexibility index (Phi) is 6.78. The molecule has 212 valence electrons. The van der Waals surface area contributed by atoms with Gasteiger partial charge in [-0.1, -0.05) is 50.2 Å². The summed E-state index contributed by atoms with van der Waals surface area (Å²) in [5.74, 6) is 2.41. The SMILES string of the molecule is CCc1cc(C)c(-c2cnn(-c3cccc(Oc4ccc5c6ccccc6n(-c6cc(C)ccn6)c5c4)c3)c2)c(CC)c1. The second-order valence-electron chi connectivity index (χ2n) is 11.1. The molecule has 0 saturated carbocycles. The highest BCUT2D eigenvalue weighted by molar-refractivity contribution is 6.09. The first kappa shape index (κ1) is 26.7. The third kappa shape index (κ3) is 4.87. The first-order valence-electron chi connectivity index (χ1n) is 14.9. The number of rotatable bonds is 7. The molecule has 0 radical (unpaired) electrons. The first-order valence-corrected chi connectivity index (χ1v) is 14.9. The van der Waals surface area contributed by atoms with Crippen molar-refractivity contribution in [3.8, 4) is 34.1 Å². The number of ether oxygens (including phenoxy) is 1. The van der Waals surface area contributed by atoms with Crippen LogP contribution in [0.3, 0.4) is 0 Å². The molecule has 0 unspecified atom stereocenters. The van der Waals surface area contributed by atoms with Crippen LogP contribution in [0.5, 0.6) is 11.5 Å². The quantitative estimate of drug-likeness (QED) is 0.194. The lowest BCUT2D eigenvalue weighted by atomic mass is 9.92. The van der Waals surface area contributed by atoms with Crippen LogP contribution in [0, 0.1) is 13.8 Å². The second-order valence-corrected chi connectivity index (χ2v) is 11.1. The van der Waals surface area contributed by atoms with E-state index in [4.69, 9.17) is 14.8 Å². The Hall–Kier alpha value is -5.16. The highest BCUT2D eigenvalue weighted by Gasteiger charge is 2.15. The Morgan fingerprint density at radius 1 is 0.744 bits per heavy atom. The first-order chi connectivity index (χ1) is 21.0. The van der Waals surface area contributed by atoms with Gasteiger partial charge in [-0.05, 0) is 97.0 Å². The van der Waals surface area contributed by atoms with Crippen LogP contribution < -0.4 is 4.74 Å². The topological polar surface area (TPSA) is 44.9 Å². The van der Waals surface area contributed by atoms with Gasteiger partial charge in [-0.15, -0.1) is 0 Å². The summed E-state index contributed by atoms with van der Waals surface area (Å²) < 4.78 is 10.6. The molecule has 4 aromatic carbocycles. The van der Waals surface area contributed by atoms with Gasteiger partial charge >= 0.3 is 0 Å². The van der Waals surface area contributed by atoms with Gasteiger partial charge in [0.15, 0.2) is 0 Å². The summed E-state index contributed by atoms with van der Waals surface area (Å²) in [5, 5.41) is 7.09. The highest BCUT2D eigenvalue weighted by atomic mass is 16.5. The van der Waals surface area contributed by atoms with Crippen molar-refractivity contribution in [2.45, 2.75) is 40.5 Å². The Morgan fingerprint density at radius 3 is 2.42 bits per heavy atom. The largest absolute Gasteiger partial charge is 0.457 e. The summed E-state index contributed by atoms with van der Waals surface area (Å²) in [5.41, 5.74) is 10.7. The van der Waals surface area contributed by atoms with Gasteiger partial charge in [0.2, 0.25) is 0 Å². The Balaban J connectivity index is 1.24. The van der Waals surface area contributed by atoms with Crippen LogP contribution in [0.4, 0.5) is 0 Å². The van der Waals surface area contributed by atoms with Crippen molar-refractivity contribution in [1.29, 1.82) is 0 Å². The van der Waals surface area contributed by atoms with Crippen LogP contribution >= 0.6 is 0 Å². The molecule has 7 rings (SSSR count). The minimum atomic E-state index is 0.753. The van der Waals surface area contributed by atoms with E-state index in [9.17, 15) is 0 Å². The van der Waals surface area contributed by atoms with E-state index in [2.05, 4.69) is 99.1 Å². The van der Waals surface area contributed by atoms with Crippen molar-refractivity contribution in [3.63, 3.8) is 0 Å². The molecule has 0 aliphatic carbocycles. The summed E-state index contributed by atoms with van der Waals surface area (Å²) in [6.45, 7) is 8.72. The molecule has 0 amide bonds. The lowest BCUT2D eigenvalue weighted by molar-refractivity contribution is 0.483. The van der Waals surface area contributed by atoms with Gasteiger partial charge in [-0.2, -0.15) is 5.10 Å². The van der Waals surface area contributed by atoms with Gasteiger partial charge in [0, 0.05) is 40.9 Å². The molecular formula is C38H34N4O. The number of hydrogen-bond donors (Lipinski definition) is 0. The van der Waals surface area contributed by atoms with Crippen LogP contribution in [-0.4, -0.2) is 19.3 Å². The molecule has 0 saturated heterocycles. The summed E-state index contributed by atoms with van der Waals surface area (Å²) in [4.78, 5) is 4.70. The average molecular weight is 563 g/mol. The average Bonchev–Trinajstić information content (AvgIpc) is 3.64. The van der Waals surface area contributed by atoms with E-state index >= 15 is 0 Å². The number of aromatic nitrogens is 4. The van der Waals surface area contributed by atoms with E-state index in [-0.39, 0.29) is 0 Å². The third-order valence-electron chi connectivity index (χ3n) is 8.23. The monoisotopic (exact) mass is 562 g/mol. The number of aryl methyl sites for hydroxylation is 4. The Morgan fingerprint density at radius 2 is 1.58 bits per heavy atom. The zero-order valence-electron chi connectivity index (χ0n) is 25.0. The standard InChI is InChI=1S/C38H34N4O/c1-5-27-19-26(4)38(28(6-2)20-27)29-23-40-41(24-29)30-10-9-11-31(21-30)43-32-14-15-34-33-12-7-8-13-35(33)42(36(34)22-32)37-18-25(3)16-17-39-37/h7-24H,5-6H2,1-4H3. The summed E-state index contributed by atoms with van der Waals surface area (Å²) in [7, 11) is 0. The molecular weight excluding hydrogens is 528 g/mol. The predicted octanol–water partition coefficient (Wildman–Crippen LogP) is 9.57. The van der Waals surface area contributed by atoms with Crippen molar-refractivity contribution in [2.75, 3.05) is 0 Å². The molecule has 3 aromatic heterocycles. The van der Waals surface area contributed by atoms with Gasteiger partial charge in [-0.25, -0.2) is 9.67 Å². The minimum absolute atomic E-state index is 0.753. The Labute approximate surface area is 252 Å². The molecule has 0 spiro atoms. The van der Waals surface area contributed by atoms with E-state index in [1.165, 1.54) is 33.2 Å². The molecule has 7 aromatic rings. The van der Waals surface area contributed by atoms with Crippen molar-refractivity contribution < 1.29 is 4.74 Å². The van der Waals surface area contributed by atoms with Crippen molar-refractivity contribution in [3.05, 3.63) is 132 Å². The van der Waals surface area contributed by atoms with E-state index in [0.717, 1.165) is 57.8 Å². The Bertz CT molecular complexity index is 2120.